The Hall–Kier alpha value is -1.99. The van der Waals surface area contributed by atoms with E-state index < -0.39 is 4.92 Å². The summed E-state index contributed by atoms with van der Waals surface area (Å²) < 4.78 is 0. The van der Waals surface area contributed by atoms with Crippen LogP contribution in [0.25, 0.3) is 0 Å². The largest absolute Gasteiger partial charge is 0.396 e. The second-order valence-corrected chi connectivity index (χ2v) is 6.91. The summed E-state index contributed by atoms with van der Waals surface area (Å²) in [6.07, 6.45) is 1.88. The summed E-state index contributed by atoms with van der Waals surface area (Å²) in [5.41, 5.74) is 0.713. The Morgan fingerprint density at radius 2 is 2.25 bits per heavy atom. The van der Waals surface area contributed by atoms with Gasteiger partial charge >= 0.3 is 0 Å². The molecule has 0 bridgehead atoms. The van der Waals surface area contributed by atoms with Gasteiger partial charge in [0, 0.05) is 24.6 Å². The number of benzene rings is 1. The van der Waals surface area contributed by atoms with Gasteiger partial charge in [-0.25, -0.2) is 0 Å². The topological polar surface area (TPSA) is 95.7 Å². The smallest absolute Gasteiger partial charge is 0.274 e. The molecule has 7 heteroatoms. The molecule has 1 aliphatic heterocycles. The van der Waals surface area contributed by atoms with Crippen molar-refractivity contribution in [2.75, 3.05) is 25.0 Å². The molecule has 1 heterocycles. The van der Waals surface area contributed by atoms with Gasteiger partial charge in [-0.05, 0) is 39.3 Å². The number of carbonyl (C=O) groups excluding carboxylic acids is 1. The molecule has 24 heavy (non-hydrogen) atoms. The quantitative estimate of drug-likeness (QED) is 0.636. The fourth-order valence-electron chi connectivity index (χ4n) is 3.18. The lowest BCUT2D eigenvalue weighted by molar-refractivity contribution is -0.385. The lowest BCUT2D eigenvalue weighted by Gasteiger charge is -2.41. The Balaban J connectivity index is 2.10. The van der Waals surface area contributed by atoms with E-state index in [1.807, 2.05) is 13.8 Å². The van der Waals surface area contributed by atoms with Crippen LogP contribution in [-0.4, -0.2) is 46.6 Å². The molecular weight excluding hydrogens is 310 g/mol. The fourth-order valence-corrected chi connectivity index (χ4v) is 3.18. The van der Waals surface area contributed by atoms with Crippen LogP contribution in [0.1, 0.15) is 32.3 Å². The molecule has 1 aromatic rings. The minimum Gasteiger partial charge on any atom is -0.396 e. The number of anilines is 1. The van der Waals surface area contributed by atoms with Crippen molar-refractivity contribution in [2.24, 2.45) is 5.41 Å². The van der Waals surface area contributed by atoms with Crippen LogP contribution in [-0.2, 0) is 4.79 Å². The first-order valence-corrected chi connectivity index (χ1v) is 8.17. The highest BCUT2D eigenvalue weighted by molar-refractivity contribution is 5.95. The van der Waals surface area contributed by atoms with Crippen LogP contribution in [0.4, 0.5) is 11.4 Å². The molecule has 1 aromatic carbocycles. The molecule has 2 rings (SSSR count). The summed E-state index contributed by atoms with van der Waals surface area (Å²) in [5.74, 6) is -0.194. The van der Waals surface area contributed by atoms with E-state index in [2.05, 4.69) is 10.2 Å². The van der Waals surface area contributed by atoms with Crippen LogP contribution in [0.2, 0.25) is 0 Å². The first kappa shape index (κ1) is 18.4. The van der Waals surface area contributed by atoms with Crippen molar-refractivity contribution < 1.29 is 14.8 Å². The minimum absolute atomic E-state index is 0.00807. The van der Waals surface area contributed by atoms with E-state index in [0.717, 1.165) is 19.4 Å². The van der Waals surface area contributed by atoms with Gasteiger partial charge in [0.25, 0.3) is 5.69 Å². The third-order valence-electron chi connectivity index (χ3n) is 4.88. The summed E-state index contributed by atoms with van der Waals surface area (Å²) in [7, 11) is 0. The van der Waals surface area contributed by atoms with E-state index in [1.54, 1.807) is 19.1 Å². The number of likely N-dealkylation sites (tertiary alicyclic amines) is 1. The molecule has 2 unspecified atom stereocenters. The maximum atomic E-state index is 12.6. The first-order valence-electron chi connectivity index (χ1n) is 8.17. The van der Waals surface area contributed by atoms with E-state index in [9.17, 15) is 20.0 Å². The van der Waals surface area contributed by atoms with E-state index >= 15 is 0 Å². The number of hydrogen-bond acceptors (Lipinski definition) is 5. The van der Waals surface area contributed by atoms with E-state index in [-0.39, 0.29) is 29.7 Å². The van der Waals surface area contributed by atoms with Crippen LogP contribution in [0.5, 0.6) is 0 Å². The minimum atomic E-state index is -0.453. The van der Waals surface area contributed by atoms with Gasteiger partial charge in [-0.15, -0.1) is 0 Å². The SMILES string of the molecule is Cc1c(NC(=O)C(C)N2CCCC(C)(CO)C2)cccc1[N+](=O)[O-]. The zero-order valence-corrected chi connectivity index (χ0v) is 14.4. The van der Waals surface area contributed by atoms with Crippen molar-refractivity contribution in [1.82, 2.24) is 4.90 Å². The Morgan fingerprint density at radius 1 is 1.54 bits per heavy atom. The van der Waals surface area contributed by atoms with Gasteiger partial charge < -0.3 is 10.4 Å². The molecule has 1 saturated heterocycles. The zero-order valence-electron chi connectivity index (χ0n) is 14.4. The van der Waals surface area contributed by atoms with Gasteiger partial charge in [0.2, 0.25) is 5.91 Å². The van der Waals surface area contributed by atoms with Crippen molar-refractivity contribution in [3.05, 3.63) is 33.9 Å². The normalized spacial score (nSPS) is 22.8. The zero-order chi connectivity index (χ0) is 17.9. The number of nitrogens with zero attached hydrogens (tertiary/aromatic N) is 2. The third-order valence-corrected chi connectivity index (χ3v) is 4.88. The fraction of sp³-hybridized carbons (Fsp3) is 0.588. The van der Waals surface area contributed by atoms with Crippen LogP contribution < -0.4 is 5.32 Å². The molecular formula is C17H25N3O4. The second kappa shape index (κ2) is 7.27. The summed E-state index contributed by atoms with van der Waals surface area (Å²) >= 11 is 0. The molecule has 0 radical (unpaired) electrons. The molecule has 1 amide bonds. The second-order valence-electron chi connectivity index (χ2n) is 6.91. The van der Waals surface area contributed by atoms with Gasteiger partial charge in [0.15, 0.2) is 0 Å². The molecule has 1 fully saturated rings. The number of rotatable bonds is 5. The summed E-state index contributed by atoms with van der Waals surface area (Å²) in [4.78, 5) is 25.2. The van der Waals surface area contributed by atoms with Crippen molar-refractivity contribution in [2.45, 2.75) is 39.7 Å². The van der Waals surface area contributed by atoms with E-state index in [0.29, 0.717) is 17.8 Å². The average Bonchev–Trinajstić information content (AvgIpc) is 2.55. The summed E-state index contributed by atoms with van der Waals surface area (Å²) in [6, 6.07) is 4.29. The Morgan fingerprint density at radius 3 is 2.88 bits per heavy atom. The maximum Gasteiger partial charge on any atom is 0.274 e. The van der Waals surface area contributed by atoms with Gasteiger partial charge in [-0.1, -0.05) is 13.0 Å². The van der Waals surface area contributed by atoms with Crippen molar-refractivity contribution in [1.29, 1.82) is 0 Å². The number of piperidine rings is 1. The highest BCUT2D eigenvalue weighted by Crippen LogP contribution is 2.30. The molecule has 132 valence electrons. The molecule has 7 nitrogen and oxygen atoms in total. The number of amides is 1. The number of carbonyl (C=O) groups is 1. The lowest BCUT2D eigenvalue weighted by atomic mass is 9.82. The molecule has 2 N–H and O–H groups in total. The van der Waals surface area contributed by atoms with E-state index in [1.165, 1.54) is 6.07 Å². The summed E-state index contributed by atoms with van der Waals surface area (Å²) in [6.45, 7) is 7.04. The molecule has 0 aromatic heterocycles. The molecule has 2 atom stereocenters. The first-order chi connectivity index (χ1) is 11.3. The number of hydrogen-bond donors (Lipinski definition) is 2. The highest BCUT2D eigenvalue weighted by atomic mass is 16.6. The van der Waals surface area contributed by atoms with Gasteiger partial charge in [-0.2, -0.15) is 0 Å². The standard InChI is InChI=1S/C17H25N3O4/c1-12-14(6-4-7-15(12)20(23)24)18-16(22)13(2)19-9-5-8-17(3,10-19)11-21/h4,6-7,13,21H,5,8-11H2,1-3H3,(H,18,22). The van der Waals surface area contributed by atoms with Crippen LogP contribution in [0, 0.1) is 22.5 Å². The van der Waals surface area contributed by atoms with Gasteiger partial charge in [0.1, 0.15) is 0 Å². The summed E-state index contributed by atoms with van der Waals surface area (Å²) in [5, 5.41) is 23.4. The molecule has 0 aliphatic carbocycles. The van der Waals surface area contributed by atoms with Gasteiger partial charge in [0.05, 0.1) is 22.2 Å². The number of aliphatic hydroxyl groups is 1. The maximum absolute atomic E-state index is 12.6. The lowest BCUT2D eigenvalue weighted by Crippen LogP contribution is -2.51. The van der Waals surface area contributed by atoms with Crippen LogP contribution >= 0.6 is 0 Å². The average molecular weight is 335 g/mol. The van der Waals surface area contributed by atoms with Crippen molar-refractivity contribution in [3.8, 4) is 0 Å². The monoisotopic (exact) mass is 335 g/mol. The van der Waals surface area contributed by atoms with Gasteiger partial charge in [-0.3, -0.25) is 19.8 Å². The highest BCUT2D eigenvalue weighted by Gasteiger charge is 2.34. The molecule has 0 spiro atoms. The molecule has 0 saturated carbocycles. The van der Waals surface area contributed by atoms with Crippen molar-refractivity contribution >= 4 is 17.3 Å². The predicted molar refractivity (Wildman–Crippen MR) is 91.9 cm³/mol. The van der Waals surface area contributed by atoms with Crippen LogP contribution in [0.15, 0.2) is 18.2 Å². The van der Waals surface area contributed by atoms with Crippen molar-refractivity contribution in [3.63, 3.8) is 0 Å². The van der Waals surface area contributed by atoms with Crippen LogP contribution in [0.3, 0.4) is 0 Å². The van der Waals surface area contributed by atoms with E-state index in [4.69, 9.17) is 0 Å². The Kier molecular flexibility index (Phi) is 5.56. The third kappa shape index (κ3) is 3.91. The number of nitro benzene ring substituents is 1. The Bertz CT molecular complexity index is 634. The Labute approximate surface area is 141 Å². The number of nitro groups is 1. The predicted octanol–water partition coefficient (Wildman–Crippen LogP) is 2.32. The number of aliphatic hydroxyl groups excluding tert-OH is 1. The molecule has 1 aliphatic rings. The number of nitrogens with one attached hydrogen (secondary N) is 1.